The van der Waals surface area contributed by atoms with Gasteiger partial charge in [0.2, 0.25) is 5.91 Å². The summed E-state index contributed by atoms with van der Waals surface area (Å²) in [5.41, 5.74) is 4.97. The van der Waals surface area contributed by atoms with Gasteiger partial charge in [-0.05, 0) is 52.8 Å². The van der Waals surface area contributed by atoms with E-state index in [2.05, 4.69) is 48.3 Å². The van der Waals surface area contributed by atoms with Crippen LogP contribution in [0.15, 0.2) is 85.2 Å². The van der Waals surface area contributed by atoms with Gasteiger partial charge in [0, 0.05) is 42.0 Å². The third-order valence-corrected chi connectivity index (χ3v) is 8.03. The highest BCUT2D eigenvalue weighted by Crippen LogP contribution is 2.24. The number of benzene rings is 3. The Morgan fingerprint density at radius 3 is 2.06 bits per heavy atom. The Kier molecular flexibility index (Phi) is 12.8. The molecule has 0 fully saturated rings. The number of unbranched alkanes of at least 4 members (excludes halogenated alkanes) is 3. The maximum absolute atomic E-state index is 13.1. The van der Waals surface area contributed by atoms with Crippen molar-refractivity contribution in [1.29, 1.82) is 0 Å². The van der Waals surface area contributed by atoms with E-state index in [0.29, 0.717) is 11.4 Å². The van der Waals surface area contributed by atoms with Crippen molar-refractivity contribution in [2.24, 2.45) is 0 Å². The molecule has 48 heavy (non-hydrogen) atoms. The number of amides is 2. The first kappa shape index (κ1) is 35.8. The number of hydrogen-bond donors (Lipinski definition) is 3. The fourth-order valence-electron chi connectivity index (χ4n) is 5.10. The van der Waals surface area contributed by atoms with Gasteiger partial charge in [-0.1, -0.05) is 95.5 Å². The molecule has 1 unspecified atom stereocenters. The van der Waals surface area contributed by atoms with Crippen molar-refractivity contribution >= 4 is 17.8 Å². The lowest BCUT2D eigenvalue weighted by Gasteiger charge is -2.20. The van der Waals surface area contributed by atoms with Gasteiger partial charge >= 0.3 is 5.97 Å². The second kappa shape index (κ2) is 17.2. The third kappa shape index (κ3) is 10.8. The second-order valence-corrected chi connectivity index (χ2v) is 12.9. The van der Waals surface area contributed by atoms with Crippen molar-refractivity contribution in [3.63, 3.8) is 0 Å². The molecule has 0 aliphatic heterocycles. The average molecular weight is 651 g/mol. The number of carboxylic acids is 1. The molecule has 0 spiro atoms. The van der Waals surface area contributed by atoms with Crippen LogP contribution in [-0.2, 0) is 21.4 Å². The molecule has 0 aliphatic carbocycles. The molecule has 0 aliphatic rings. The molecule has 0 saturated carbocycles. The van der Waals surface area contributed by atoms with Gasteiger partial charge in [-0.15, -0.1) is 0 Å². The van der Waals surface area contributed by atoms with Gasteiger partial charge in [0.15, 0.2) is 5.82 Å². The summed E-state index contributed by atoms with van der Waals surface area (Å²) >= 11 is 0. The largest absolute Gasteiger partial charge is 0.494 e. The highest BCUT2D eigenvalue weighted by molar-refractivity contribution is 5.97. The molecule has 0 radical (unpaired) electrons. The van der Waals surface area contributed by atoms with Crippen LogP contribution in [0.2, 0.25) is 0 Å². The number of nitrogens with one attached hydrogen (secondary N) is 2. The monoisotopic (exact) mass is 650 g/mol. The predicted octanol–water partition coefficient (Wildman–Crippen LogP) is 7.00. The minimum atomic E-state index is -1.02. The molecule has 4 aromatic rings. The van der Waals surface area contributed by atoms with E-state index in [4.69, 9.17) is 9.84 Å². The number of aromatic nitrogens is 2. The molecule has 3 aromatic carbocycles. The molecule has 3 N–H and O–H groups in total. The summed E-state index contributed by atoms with van der Waals surface area (Å²) < 4.78 is 5.85. The van der Waals surface area contributed by atoms with Crippen molar-refractivity contribution in [2.75, 3.05) is 13.2 Å². The Bertz CT molecular complexity index is 1630. The molecule has 4 rings (SSSR count). The first-order chi connectivity index (χ1) is 23.0. The molecule has 1 aromatic heterocycles. The molecule has 0 bridgehead atoms. The standard InChI is InChI=1S/C39H46N4O5/c1-5-6-7-8-23-48-33-19-15-28(16-20-33)31-25-41-36(42-26-31)29-11-9-27(10-12-29)24-34(38(47)40-22-21-35(44)45)43-37(46)30-13-17-32(18-14-30)39(2,3)4/h9-20,25-26,34H,5-8,21-24H2,1-4H3,(H,40,47)(H,43,46)(H,44,45). The smallest absolute Gasteiger partial charge is 0.305 e. The molecule has 1 heterocycles. The molecule has 0 saturated heterocycles. The number of hydrogen-bond acceptors (Lipinski definition) is 6. The zero-order valence-corrected chi connectivity index (χ0v) is 28.3. The first-order valence-corrected chi connectivity index (χ1v) is 16.6. The lowest BCUT2D eigenvalue weighted by atomic mass is 9.86. The molecule has 252 valence electrons. The van der Waals surface area contributed by atoms with E-state index in [1.54, 1.807) is 24.5 Å². The van der Waals surface area contributed by atoms with Crippen LogP contribution in [0.3, 0.4) is 0 Å². The number of ether oxygens (including phenoxy) is 1. The molecule has 2 amide bonds. The van der Waals surface area contributed by atoms with Gasteiger partial charge in [0.05, 0.1) is 13.0 Å². The molecule has 9 nitrogen and oxygen atoms in total. The average Bonchev–Trinajstić information content (AvgIpc) is 3.08. The number of nitrogens with zero attached hydrogens (tertiary/aromatic N) is 2. The zero-order valence-electron chi connectivity index (χ0n) is 28.3. The van der Waals surface area contributed by atoms with Gasteiger partial charge in [0.1, 0.15) is 11.8 Å². The summed E-state index contributed by atoms with van der Waals surface area (Å²) in [7, 11) is 0. The third-order valence-electron chi connectivity index (χ3n) is 8.03. The van der Waals surface area contributed by atoms with Crippen molar-refractivity contribution in [2.45, 2.75) is 77.7 Å². The molecule has 1 atom stereocenters. The first-order valence-electron chi connectivity index (χ1n) is 16.6. The van der Waals surface area contributed by atoms with E-state index in [1.165, 1.54) is 19.3 Å². The van der Waals surface area contributed by atoms with E-state index in [0.717, 1.165) is 46.6 Å². The number of carboxylic acid groups (broad SMARTS) is 1. The number of rotatable bonds is 16. The van der Waals surface area contributed by atoms with Gasteiger partial charge in [-0.25, -0.2) is 9.97 Å². The van der Waals surface area contributed by atoms with E-state index >= 15 is 0 Å². The minimum absolute atomic E-state index is 0.0376. The van der Waals surface area contributed by atoms with Crippen molar-refractivity contribution in [3.05, 3.63) is 102 Å². The Labute approximate surface area is 283 Å². The van der Waals surface area contributed by atoms with E-state index in [-0.39, 0.29) is 30.7 Å². The van der Waals surface area contributed by atoms with Crippen LogP contribution in [-0.4, -0.2) is 52.1 Å². The summed E-state index contributed by atoms with van der Waals surface area (Å²) in [4.78, 5) is 46.3. The summed E-state index contributed by atoms with van der Waals surface area (Å²) in [5.74, 6) is -0.444. The lowest BCUT2D eigenvalue weighted by molar-refractivity contribution is -0.137. The van der Waals surface area contributed by atoms with Crippen LogP contribution in [0.25, 0.3) is 22.5 Å². The lowest BCUT2D eigenvalue weighted by Crippen LogP contribution is -2.48. The van der Waals surface area contributed by atoms with Gasteiger partial charge < -0.3 is 20.5 Å². The summed E-state index contributed by atoms with van der Waals surface area (Å²) in [5, 5.41) is 14.5. The highest BCUT2D eigenvalue weighted by atomic mass is 16.5. The Balaban J connectivity index is 1.40. The summed E-state index contributed by atoms with van der Waals surface area (Å²) in [6.45, 7) is 9.16. The van der Waals surface area contributed by atoms with Crippen molar-refractivity contribution < 1.29 is 24.2 Å². The SMILES string of the molecule is CCCCCCOc1ccc(-c2cnc(-c3ccc(CC(NC(=O)c4ccc(C(C)(C)C)cc4)C(=O)NCCC(=O)O)cc3)nc2)cc1. The normalized spacial score (nSPS) is 11.8. The van der Waals surface area contributed by atoms with Gasteiger partial charge in [-0.2, -0.15) is 0 Å². The van der Waals surface area contributed by atoms with Gasteiger partial charge in [0.25, 0.3) is 5.91 Å². The summed E-state index contributed by atoms with van der Waals surface area (Å²) in [6.07, 6.45) is 8.25. The zero-order chi connectivity index (χ0) is 34.5. The minimum Gasteiger partial charge on any atom is -0.494 e. The van der Waals surface area contributed by atoms with E-state index in [9.17, 15) is 14.4 Å². The number of aliphatic carboxylic acids is 1. The van der Waals surface area contributed by atoms with Crippen LogP contribution in [0.1, 0.15) is 81.3 Å². The van der Waals surface area contributed by atoms with Crippen LogP contribution in [0, 0.1) is 0 Å². The fraction of sp³-hybridized carbons (Fsp3) is 0.359. The van der Waals surface area contributed by atoms with Crippen LogP contribution < -0.4 is 15.4 Å². The maximum Gasteiger partial charge on any atom is 0.305 e. The van der Waals surface area contributed by atoms with Crippen LogP contribution in [0.4, 0.5) is 0 Å². The highest BCUT2D eigenvalue weighted by Gasteiger charge is 2.23. The Morgan fingerprint density at radius 1 is 0.812 bits per heavy atom. The van der Waals surface area contributed by atoms with E-state index in [1.807, 2.05) is 60.7 Å². The molecular weight excluding hydrogens is 604 g/mol. The quantitative estimate of drug-likeness (QED) is 0.111. The summed E-state index contributed by atoms with van der Waals surface area (Å²) in [6, 6.07) is 21.8. The fourth-order valence-corrected chi connectivity index (χ4v) is 5.10. The van der Waals surface area contributed by atoms with Crippen LogP contribution >= 0.6 is 0 Å². The van der Waals surface area contributed by atoms with E-state index < -0.39 is 17.9 Å². The van der Waals surface area contributed by atoms with Crippen LogP contribution in [0.5, 0.6) is 5.75 Å². The van der Waals surface area contributed by atoms with Crippen molar-refractivity contribution in [1.82, 2.24) is 20.6 Å². The Morgan fingerprint density at radius 2 is 1.46 bits per heavy atom. The topological polar surface area (TPSA) is 131 Å². The molecular formula is C39H46N4O5. The number of carbonyl (C=O) groups is 3. The van der Waals surface area contributed by atoms with Crippen molar-refractivity contribution in [3.8, 4) is 28.3 Å². The second-order valence-electron chi connectivity index (χ2n) is 12.9. The molecule has 9 heteroatoms. The van der Waals surface area contributed by atoms with Gasteiger partial charge in [-0.3, -0.25) is 14.4 Å². The Hall–Kier alpha value is -5.05. The number of carbonyl (C=O) groups excluding carboxylic acids is 2. The maximum atomic E-state index is 13.1. The predicted molar refractivity (Wildman–Crippen MR) is 188 cm³/mol.